The van der Waals surface area contributed by atoms with E-state index >= 15 is 0 Å². The summed E-state index contributed by atoms with van der Waals surface area (Å²) in [4.78, 5) is 93.0. The molecule has 0 amide bonds. The molecule has 4 aliphatic heterocycles. The van der Waals surface area contributed by atoms with Crippen LogP contribution in [0, 0.1) is 22.7 Å². The van der Waals surface area contributed by atoms with E-state index in [4.69, 9.17) is 103 Å². The quantitative estimate of drug-likeness (QED) is 0.0420. The Hall–Kier alpha value is -4.02. The van der Waals surface area contributed by atoms with E-state index in [-0.39, 0.29) is 105 Å². The number of nitrogens with two attached hydrogens (primary N) is 4. The molecule has 4 saturated carbocycles. The summed E-state index contributed by atoms with van der Waals surface area (Å²) < 4.78 is 129. The number of nitrogens with zero attached hydrogens (tertiary/aromatic N) is 14. The number of anilines is 4. The number of aliphatic hydroxyl groups is 2. The first-order valence-electron chi connectivity index (χ1n) is 28.3. The van der Waals surface area contributed by atoms with Gasteiger partial charge in [0.15, 0.2) is 71.3 Å². The molecule has 42 nitrogen and oxygen atoms in total. The Bertz CT molecular complexity index is 4430. The van der Waals surface area contributed by atoms with Crippen LogP contribution in [-0.4, -0.2) is 200 Å². The fourth-order valence-corrected chi connectivity index (χ4v) is 19.1. The Morgan fingerprint density at radius 3 is 1.31 bits per heavy atom. The second-order valence-electron chi connectivity index (χ2n) is 23.5. The minimum absolute atomic E-state index is 0. The molecule has 4 saturated heterocycles. The molecule has 4 unspecified atom stereocenters. The van der Waals surface area contributed by atoms with E-state index in [1.165, 1.54) is 61.3 Å². The van der Waals surface area contributed by atoms with E-state index in [9.17, 15) is 47.8 Å². The summed E-state index contributed by atoms with van der Waals surface area (Å²) in [6.07, 6.45) is -6.58. The number of aliphatic hydroxyl groups excluding tert-OH is 2. The van der Waals surface area contributed by atoms with Crippen molar-refractivity contribution in [1.82, 2.24) is 78.1 Å². The Morgan fingerprint density at radius 1 is 0.552 bits per heavy atom. The number of hydrogen-bond acceptors (Lipinski definition) is 36. The normalized spacial score (nSPS) is 39.6. The monoisotopic (exact) mass is 1470 g/mol. The van der Waals surface area contributed by atoms with E-state index in [2.05, 4.69) is 59.8 Å². The molecule has 8 aromatic rings. The first-order chi connectivity index (χ1) is 44.6. The molecule has 50 heteroatoms. The summed E-state index contributed by atoms with van der Waals surface area (Å²) in [6.45, 7) is -10.7. The zero-order valence-corrected chi connectivity index (χ0v) is 59.5. The molecule has 2 spiro atoms. The van der Waals surface area contributed by atoms with Gasteiger partial charge < -0.3 is 114 Å². The number of ether oxygens (including phenoxy) is 4. The number of imidazole rings is 4. The van der Waals surface area contributed by atoms with Crippen molar-refractivity contribution in [2.45, 2.75) is 98.4 Å². The van der Waals surface area contributed by atoms with Crippen molar-refractivity contribution in [3.8, 4) is 0 Å². The van der Waals surface area contributed by atoms with Crippen LogP contribution in [0.2, 0.25) is 0 Å². The molecule has 96 heavy (non-hydrogen) atoms. The van der Waals surface area contributed by atoms with Crippen LogP contribution in [0.15, 0.2) is 47.6 Å². The summed E-state index contributed by atoms with van der Waals surface area (Å²) in [5.74, 6) is -1.01. The van der Waals surface area contributed by atoms with Gasteiger partial charge in [0.05, 0.1) is 63.8 Å². The van der Waals surface area contributed by atoms with Crippen molar-refractivity contribution < 1.29 is 153 Å². The van der Waals surface area contributed by atoms with Gasteiger partial charge in [-0.05, 0) is 24.7 Å². The van der Waals surface area contributed by atoms with Gasteiger partial charge in [0, 0.05) is 25.0 Å². The first-order valence-corrected chi connectivity index (χ1v) is 36.4. The van der Waals surface area contributed by atoms with Gasteiger partial charge in [-0.2, -0.15) is 9.97 Å². The predicted octanol–water partition coefficient (Wildman–Crippen LogP) is -6.93. The largest absolute Gasteiger partial charge is 1.00 e. The number of nitrogen functional groups attached to an aromatic ring is 4. The van der Waals surface area contributed by atoms with Crippen LogP contribution in [0.5, 0.6) is 0 Å². The molecular formula is C46H54N20Na2O22P4S2. The second kappa shape index (κ2) is 25.5. The van der Waals surface area contributed by atoms with E-state index in [0.717, 1.165) is 0 Å². The number of H-pyrrole nitrogens is 2. The summed E-state index contributed by atoms with van der Waals surface area (Å²) in [5, 5.41) is 23.1. The molecule has 8 aromatic heterocycles. The number of aromatic amines is 2. The summed E-state index contributed by atoms with van der Waals surface area (Å²) in [7, 11) is -7.30. The van der Waals surface area contributed by atoms with Gasteiger partial charge in [-0.25, -0.2) is 49.0 Å². The third-order valence-corrected chi connectivity index (χ3v) is 23.4. The third kappa shape index (κ3) is 12.0. The van der Waals surface area contributed by atoms with Gasteiger partial charge in [-0.1, -0.05) is 0 Å². The summed E-state index contributed by atoms with van der Waals surface area (Å²) >= 11 is 10.5. The van der Waals surface area contributed by atoms with Crippen molar-refractivity contribution in [3.05, 3.63) is 58.7 Å². The molecule has 8 aliphatic rings. The zero-order valence-electron chi connectivity index (χ0n) is 50.3. The maximum Gasteiger partial charge on any atom is 1.00 e. The Balaban J connectivity index is 0.000000170. The van der Waals surface area contributed by atoms with Gasteiger partial charge in [0.1, 0.15) is 84.7 Å². The molecule has 4 aliphatic carbocycles. The standard InChI is InChI=1S/2C23H28N10O11P2S.2Na/c2*1-39-14-9-3-40-46(38,47)44-16-13(34)12(32-6-28-10-17(24)26-5-27-18(10)32)8-2-23(8,16)4-41-45(36,37)43-15(14)21(42-9)33-7-29-11-19(33)30-22(25)31-20(11)35;;/h2*5-9,12-16,21,34H,2-4H2,1H3,(H,36,37)(H,38,47)(H2,24,26,27)(H3,25,30,31,35);;/q;;2*+1/p-2/t2*8-,9-,12-,13+,14-,15-,16+,21-,23-,46?;;/m11../s1. The average molecular weight is 1470 g/mol. The van der Waals surface area contributed by atoms with Gasteiger partial charge in [-0.15, -0.1) is 0 Å². The molecule has 0 radical (unpaired) electrons. The minimum Gasteiger partial charge on any atom is -0.660 e. The van der Waals surface area contributed by atoms with E-state index in [1.807, 2.05) is 0 Å². The van der Waals surface area contributed by atoms with Gasteiger partial charge >= 0.3 is 74.8 Å². The van der Waals surface area contributed by atoms with Gasteiger partial charge in [0.25, 0.3) is 11.1 Å². The fraction of sp³-hybridized carbons (Fsp3) is 0.565. The van der Waals surface area contributed by atoms with Crippen molar-refractivity contribution >= 4 is 122 Å². The molecular weight excluding hydrogens is 1420 g/mol. The van der Waals surface area contributed by atoms with Crippen LogP contribution in [0.1, 0.15) is 37.4 Å². The average Bonchev–Trinajstić information content (AvgIpc) is 1.52. The molecule has 4 bridgehead atoms. The number of fused-ring (bicyclic) bond motifs is 8. The topological polar surface area (TPSA) is 578 Å². The molecule has 14 N–H and O–H groups in total. The van der Waals surface area contributed by atoms with Crippen LogP contribution in [0.4, 0.5) is 23.5 Å². The van der Waals surface area contributed by atoms with Gasteiger partial charge in [-0.3, -0.25) is 55.9 Å². The van der Waals surface area contributed by atoms with Crippen LogP contribution < -0.4 is 93.2 Å². The number of phosphoric acid groups is 2. The van der Waals surface area contributed by atoms with Crippen molar-refractivity contribution in [2.75, 3.05) is 63.6 Å². The number of phosphoric ester groups is 2. The van der Waals surface area contributed by atoms with Crippen LogP contribution in [0.25, 0.3) is 44.7 Å². The van der Waals surface area contributed by atoms with Crippen molar-refractivity contribution in [3.63, 3.8) is 0 Å². The fourth-order valence-electron chi connectivity index (χ4n) is 14.1. The second-order valence-corrected chi connectivity index (χ2v) is 31.7. The van der Waals surface area contributed by atoms with Crippen molar-refractivity contribution in [1.29, 1.82) is 0 Å². The van der Waals surface area contributed by atoms with E-state index in [1.54, 1.807) is 9.13 Å². The Kier molecular flexibility index (Phi) is 18.7. The van der Waals surface area contributed by atoms with Crippen LogP contribution >= 0.6 is 29.2 Å². The number of aromatic nitrogens is 16. The number of nitrogens with one attached hydrogen (secondary N) is 2. The smallest absolute Gasteiger partial charge is 0.660 e. The minimum atomic E-state index is -4.95. The molecule has 0 aromatic carbocycles. The molecule has 504 valence electrons. The molecule has 22 atom stereocenters. The zero-order chi connectivity index (χ0) is 66.1. The number of rotatable bonds is 6. The molecule has 8 fully saturated rings. The Labute approximate surface area is 591 Å². The number of hydrogen-bond donors (Lipinski definition) is 10. The van der Waals surface area contributed by atoms with E-state index < -0.39 is 175 Å². The van der Waals surface area contributed by atoms with Crippen LogP contribution in [0.3, 0.4) is 0 Å². The molecule has 12 heterocycles. The van der Waals surface area contributed by atoms with Gasteiger partial charge in [0.2, 0.25) is 11.9 Å². The van der Waals surface area contributed by atoms with Crippen LogP contribution in [-0.2, 0) is 97.9 Å². The Morgan fingerprint density at radius 2 is 0.927 bits per heavy atom. The number of methoxy groups -OCH3 is 2. The van der Waals surface area contributed by atoms with E-state index in [0.29, 0.717) is 35.2 Å². The van der Waals surface area contributed by atoms with Crippen molar-refractivity contribution in [2.24, 2.45) is 22.7 Å². The molecule has 16 rings (SSSR count). The summed E-state index contributed by atoms with van der Waals surface area (Å²) in [6, 6.07) is -1.49. The maximum atomic E-state index is 13.7. The SMILES string of the molecule is CO[C@H]1[C@H]2OP(=O)(O)OC[C@]34C[C@@H]3[C@@H](n3cnc5c(N)ncnc53)[C@H](O)[C@@H]4OP(=O)([S-])OC[C@H]1O[C@H]2n1cnc2c(=O)[nH]c(N)nc21.CO[C@H]1[C@H]2OP(=O)(O)OC[C@]34C[C@@H]3[C@@H](n3cnc5c(N)ncnc53)[C@H](O)[C@@H]4OP(=O)([S-])OC[C@H]1O[C@H]2n1cnc2c(=O)[nH]c(N)nc21.[Na+].[Na+]. The first kappa shape index (κ1) is 70.4. The predicted molar refractivity (Wildman–Crippen MR) is 318 cm³/mol. The summed E-state index contributed by atoms with van der Waals surface area (Å²) in [5.41, 5.74) is 21.0. The third-order valence-electron chi connectivity index (χ3n) is 18.4. The maximum absolute atomic E-state index is 13.7.